The number of rotatable bonds is 15. The molecule has 1 rings (SSSR count). The predicted molar refractivity (Wildman–Crippen MR) is 115 cm³/mol. The van der Waals surface area contributed by atoms with E-state index in [1.165, 1.54) is 51.4 Å². The minimum Gasteiger partial charge on any atom is -0.427 e. The van der Waals surface area contributed by atoms with Gasteiger partial charge in [-0.2, -0.15) is 0 Å². The first-order chi connectivity index (χ1) is 12.9. The monoisotopic (exact) mass is 375 g/mol. The van der Waals surface area contributed by atoms with Gasteiger partial charge < -0.3 is 10.5 Å². The van der Waals surface area contributed by atoms with Gasteiger partial charge in [-0.3, -0.25) is 4.79 Å². The van der Waals surface area contributed by atoms with Crippen LogP contribution in [0.5, 0.6) is 5.75 Å². The number of carbonyl (C=O) groups is 1. The Kier molecular flexibility index (Phi) is 12.1. The summed E-state index contributed by atoms with van der Waals surface area (Å²) in [6.45, 7) is 6.49. The van der Waals surface area contributed by atoms with Crippen LogP contribution in [0.25, 0.3) is 0 Å². The highest BCUT2D eigenvalue weighted by molar-refractivity contribution is 5.72. The molecule has 0 bridgehead atoms. The molecule has 0 fully saturated rings. The van der Waals surface area contributed by atoms with Crippen LogP contribution in [0.3, 0.4) is 0 Å². The third-order valence-corrected chi connectivity index (χ3v) is 5.37. The van der Waals surface area contributed by atoms with E-state index in [0.29, 0.717) is 18.1 Å². The zero-order valence-electron chi connectivity index (χ0n) is 17.8. The molecule has 3 heteroatoms. The van der Waals surface area contributed by atoms with E-state index >= 15 is 0 Å². The maximum Gasteiger partial charge on any atom is 0.311 e. The summed E-state index contributed by atoms with van der Waals surface area (Å²) in [5, 5.41) is 0. The Labute approximate surface area is 167 Å². The van der Waals surface area contributed by atoms with Gasteiger partial charge in [0.1, 0.15) is 5.75 Å². The van der Waals surface area contributed by atoms with Crippen molar-refractivity contribution < 1.29 is 9.53 Å². The zero-order chi connectivity index (χ0) is 20.0. The van der Waals surface area contributed by atoms with E-state index in [1.807, 2.05) is 30.3 Å². The van der Waals surface area contributed by atoms with Crippen molar-refractivity contribution in [1.82, 2.24) is 0 Å². The minimum absolute atomic E-state index is 0.151. The fourth-order valence-electron chi connectivity index (χ4n) is 3.58. The molecule has 0 heterocycles. The van der Waals surface area contributed by atoms with Crippen LogP contribution in [0, 0.1) is 5.92 Å². The summed E-state index contributed by atoms with van der Waals surface area (Å²) in [5.74, 6) is 0.932. The maximum absolute atomic E-state index is 12.0. The SMILES string of the molecule is CCCCCCCCCCC(CCCC(=O)Oc1ccccc1)C(C)(C)N. The van der Waals surface area contributed by atoms with E-state index in [9.17, 15) is 4.79 Å². The van der Waals surface area contributed by atoms with Crippen LogP contribution in [-0.4, -0.2) is 11.5 Å². The van der Waals surface area contributed by atoms with E-state index in [0.717, 1.165) is 19.3 Å². The number of benzene rings is 1. The van der Waals surface area contributed by atoms with Crippen molar-refractivity contribution in [3.63, 3.8) is 0 Å². The van der Waals surface area contributed by atoms with Crippen molar-refractivity contribution in [3.8, 4) is 5.75 Å². The average Bonchev–Trinajstić information content (AvgIpc) is 2.62. The van der Waals surface area contributed by atoms with Gasteiger partial charge in [-0.15, -0.1) is 0 Å². The molecule has 0 spiro atoms. The Morgan fingerprint density at radius 2 is 1.48 bits per heavy atom. The van der Waals surface area contributed by atoms with Gasteiger partial charge in [-0.25, -0.2) is 0 Å². The molecular weight excluding hydrogens is 334 g/mol. The first kappa shape index (κ1) is 23.7. The lowest BCUT2D eigenvalue weighted by Gasteiger charge is -2.31. The molecule has 154 valence electrons. The van der Waals surface area contributed by atoms with Crippen molar-refractivity contribution in [3.05, 3.63) is 30.3 Å². The number of para-hydroxylation sites is 1. The van der Waals surface area contributed by atoms with Gasteiger partial charge in [0.25, 0.3) is 0 Å². The van der Waals surface area contributed by atoms with Crippen molar-refractivity contribution in [2.75, 3.05) is 0 Å². The highest BCUT2D eigenvalue weighted by atomic mass is 16.5. The summed E-state index contributed by atoms with van der Waals surface area (Å²) < 4.78 is 5.36. The molecule has 27 heavy (non-hydrogen) atoms. The molecule has 1 atom stereocenters. The molecule has 0 aliphatic rings. The van der Waals surface area contributed by atoms with Gasteiger partial charge in [-0.05, 0) is 51.2 Å². The number of unbranched alkanes of at least 4 members (excludes halogenated alkanes) is 7. The van der Waals surface area contributed by atoms with E-state index < -0.39 is 0 Å². The number of carbonyl (C=O) groups excluding carboxylic acids is 1. The summed E-state index contributed by atoms with van der Waals surface area (Å²) in [6, 6.07) is 9.28. The van der Waals surface area contributed by atoms with Crippen LogP contribution in [0.1, 0.15) is 97.8 Å². The van der Waals surface area contributed by atoms with Crippen molar-refractivity contribution in [2.45, 2.75) is 103 Å². The molecule has 0 aliphatic heterocycles. The van der Waals surface area contributed by atoms with Crippen molar-refractivity contribution in [2.24, 2.45) is 11.7 Å². The summed E-state index contributed by atoms with van der Waals surface area (Å²) in [6.07, 6.45) is 14.1. The topological polar surface area (TPSA) is 52.3 Å². The number of hydrogen-bond acceptors (Lipinski definition) is 3. The lowest BCUT2D eigenvalue weighted by Crippen LogP contribution is -2.41. The lowest BCUT2D eigenvalue weighted by atomic mass is 9.81. The van der Waals surface area contributed by atoms with E-state index in [1.54, 1.807) is 0 Å². The number of ether oxygens (including phenoxy) is 1. The van der Waals surface area contributed by atoms with E-state index in [2.05, 4.69) is 20.8 Å². The smallest absolute Gasteiger partial charge is 0.311 e. The molecule has 3 nitrogen and oxygen atoms in total. The quantitative estimate of drug-likeness (QED) is 0.212. The highest BCUT2D eigenvalue weighted by Gasteiger charge is 2.24. The van der Waals surface area contributed by atoms with Gasteiger partial charge >= 0.3 is 5.97 Å². The van der Waals surface area contributed by atoms with Gasteiger partial charge in [0.2, 0.25) is 0 Å². The molecular formula is C24H41NO2. The molecule has 1 aromatic carbocycles. The standard InChI is InChI=1S/C24H41NO2/c1-4-5-6-7-8-9-10-12-16-21(24(2,3)25)17-15-20-23(26)27-22-18-13-11-14-19-22/h11,13-14,18-19,21H,4-10,12,15-17,20,25H2,1-3H3. The lowest BCUT2D eigenvalue weighted by molar-refractivity contribution is -0.134. The van der Waals surface area contributed by atoms with Gasteiger partial charge in [0.05, 0.1) is 0 Å². The number of hydrogen-bond donors (Lipinski definition) is 1. The second-order valence-corrected chi connectivity index (χ2v) is 8.46. The van der Waals surface area contributed by atoms with Gasteiger partial charge in [0.15, 0.2) is 0 Å². The second kappa shape index (κ2) is 13.8. The predicted octanol–water partition coefficient (Wildman–Crippen LogP) is 6.65. The number of nitrogens with two attached hydrogens (primary N) is 1. The maximum atomic E-state index is 12.0. The first-order valence-electron chi connectivity index (χ1n) is 11.0. The minimum atomic E-state index is -0.190. The highest BCUT2D eigenvalue weighted by Crippen LogP contribution is 2.26. The van der Waals surface area contributed by atoms with Crippen molar-refractivity contribution in [1.29, 1.82) is 0 Å². The summed E-state index contributed by atoms with van der Waals surface area (Å²) in [5.41, 5.74) is 6.21. The largest absolute Gasteiger partial charge is 0.427 e. The number of esters is 1. The van der Waals surface area contributed by atoms with Crippen LogP contribution < -0.4 is 10.5 Å². The zero-order valence-corrected chi connectivity index (χ0v) is 17.8. The molecule has 0 aliphatic carbocycles. The van der Waals surface area contributed by atoms with Crippen LogP contribution in [0.4, 0.5) is 0 Å². The Hall–Kier alpha value is -1.35. The fraction of sp³-hybridized carbons (Fsp3) is 0.708. The molecule has 1 aromatic rings. The molecule has 2 N–H and O–H groups in total. The Morgan fingerprint density at radius 1 is 0.926 bits per heavy atom. The Morgan fingerprint density at radius 3 is 2.07 bits per heavy atom. The Bertz CT molecular complexity index is 493. The van der Waals surface area contributed by atoms with Crippen molar-refractivity contribution >= 4 is 5.97 Å². The molecule has 0 aromatic heterocycles. The summed E-state index contributed by atoms with van der Waals surface area (Å²) >= 11 is 0. The summed E-state index contributed by atoms with van der Waals surface area (Å²) in [4.78, 5) is 12.0. The molecule has 0 saturated heterocycles. The second-order valence-electron chi connectivity index (χ2n) is 8.46. The third kappa shape index (κ3) is 11.9. The van der Waals surface area contributed by atoms with Crippen LogP contribution in [0.15, 0.2) is 30.3 Å². The third-order valence-electron chi connectivity index (χ3n) is 5.37. The molecule has 0 saturated carbocycles. The van der Waals surface area contributed by atoms with E-state index in [4.69, 9.17) is 10.5 Å². The van der Waals surface area contributed by atoms with Crippen LogP contribution in [0.2, 0.25) is 0 Å². The molecule has 0 radical (unpaired) electrons. The van der Waals surface area contributed by atoms with Gasteiger partial charge in [-0.1, -0.05) is 76.5 Å². The van der Waals surface area contributed by atoms with Gasteiger partial charge in [0, 0.05) is 12.0 Å². The summed E-state index contributed by atoms with van der Waals surface area (Å²) in [7, 11) is 0. The average molecular weight is 376 g/mol. The first-order valence-corrected chi connectivity index (χ1v) is 11.0. The fourth-order valence-corrected chi connectivity index (χ4v) is 3.58. The molecule has 1 unspecified atom stereocenters. The Balaban J connectivity index is 2.21. The normalized spacial score (nSPS) is 12.7. The molecule has 0 amide bonds. The van der Waals surface area contributed by atoms with Crippen LogP contribution in [-0.2, 0) is 4.79 Å². The van der Waals surface area contributed by atoms with Crippen LogP contribution >= 0.6 is 0 Å². The van der Waals surface area contributed by atoms with E-state index in [-0.39, 0.29) is 11.5 Å².